The second-order valence-corrected chi connectivity index (χ2v) is 3.96. The number of amides is 1. The molecule has 0 aliphatic carbocycles. The highest BCUT2D eigenvalue weighted by molar-refractivity contribution is 6.05. The highest BCUT2D eigenvalue weighted by Crippen LogP contribution is 2.19. The van der Waals surface area contributed by atoms with Crippen LogP contribution in [0.15, 0.2) is 42.5 Å². The lowest BCUT2D eigenvalue weighted by Crippen LogP contribution is -2.14. The minimum absolute atomic E-state index is 0.112. The zero-order valence-electron chi connectivity index (χ0n) is 10.7. The van der Waals surface area contributed by atoms with Gasteiger partial charge in [0.1, 0.15) is 17.6 Å². The van der Waals surface area contributed by atoms with E-state index in [1.54, 1.807) is 24.3 Å². The zero-order valence-corrected chi connectivity index (χ0v) is 10.7. The smallest absolute Gasteiger partial charge is 0.258 e. The summed E-state index contributed by atoms with van der Waals surface area (Å²) in [5.74, 6) is -0.972. The number of nitrogens with one attached hydrogen (secondary N) is 1. The van der Waals surface area contributed by atoms with E-state index in [-0.39, 0.29) is 5.56 Å². The lowest BCUT2D eigenvalue weighted by molar-refractivity contribution is 0.102. The van der Waals surface area contributed by atoms with E-state index in [1.165, 1.54) is 19.2 Å². The van der Waals surface area contributed by atoms with Crippen molar-refractivity contribution >= 4 is 11.6 Å². The fraction of sp³-hybridized carbons (Fsp3) is 0.0667. The summed E-state index contributed by atoms with van der Waals surface area (Å²) in [6, 6.07) is 12.4. The molecule has 0 aliphatic rings. The Morgan fingerprint density at radius 1 is 1.30 bits per heavy atom. The number of hydrogen-bond acceptors (Lipinski definition) is 3. The number of nitriles is 1. The van der Waals surface area contributed by atoms with Crippen molar-refractivity contribution in [1.29, 1.82) is 5.26 Å². The molecule has 1 N–H and O–H groups in total. The fourth-order valence-electron chi connectivity index (χ4n) is 1.69. The predicted molar refractivity (Wildman–Crippen MR) is 72.1 cm³/mol. The van der Waals surface area contributed by atoms with Gasteiger partial charge >= 0.3 is 0 Å². The molecule has 0 fully saturated rings. The number of methoxy groups -OCH3 is 1. The first-order valence-electron chi connectivity index (χ1n) is 5.79. The van der Waals surface area contributed by atoms with E-state index in [2.05, 4.69) is 5.32 Å². The molecule has 0 unspecified atom stereocenters. The van der Waals surface area contributed by atoms with Crippen LogP contribution in [0.1, 0.15) is 15.9 Å². The average molecular weight is 270 g/mol. The number of carbonyl (C=O) groups is 1. The van der Waals surface area contributed by atoms with Crippen LogP contribution in [0.5, 0.6) is 5.75 Å². The van der Waals surface area contributed by atoms with Gasteiger partial charge in [-0.05, 0) is 24.3 Å². The average Bonchev–Trinajstić information content (AvgIpc) is 2.47. The molecular formula is C15H11FN2O2. The molecule has 1 amide bonds. The quantitative estimate of drug-likeness (QED) is 0.932. The van der Waals surface area contributed by atoms with E-state index in [4.69, 9.17) is 10.00 Å². The second-order valence-electron chi connectivity index (χ2n) is 3.96. The largest absolute Gasteiger partial charge is 0.497 e. The number of para-hydroxylation sites is 1. The molecule has 0 spiro atoms. The van der Waals surface area contributed by atoms with Crippen LogP contribution >= 0.6 is 0 Å². The molecule has 2 aromatic carbocycles. The number of ether oxygens (including phenoxy) is 1. The summed E-state index contributed by atoms with van der Waals surface area (Å²) in [6.07, 6.45) is 0. The zero-order chi connectivity index (χ0) is 14.5. The van der Waals surface area contributed by atoms with Gasteiger partial charge in [0.15, 0.2) is 0 Å². The molecule has 0 saturated carbocycles. The molecule has 0 radical (unpaired) electrons. The maximum atomic E-state index is 13.8. The monoisotopic (exact) mass is 270 g/mol. The molecule has 100 valence electrons. The minimum atomic E-state index is -0.684. The first kappa shape index (κ1) is 13.6. The Hall–Kier alpha value is -2.87. The molecule has 5 heteroatoms. The molecular weight excluding hydrogens is 259 g/mol. The fourth-order valence-corrected chi connectivity index (χ4v) is 1.69. The minimum Gasteiger partial charge on any atom is -0.497 e. The molecule has 4 nitrogen and oxygen atoms in total. The van der Waals surface area contributed by atoms with Crippen LogP contribution in [0.2, 0.25) is 0 Å². The SMILES string of the molecule is COc1ccc(C(=O)Nc2ccccc2C#N)c(F)c1. The number of hydrogen-bond donors (Lipinski definition) is 1. The standard InChI is InChI=1S/C15H11FN2O2/c1-20-11-6-7-12(13(16)8-11)15(19)18-14-5-3-2-4-10(14)9-17/h2-8H,1H3,(H,18,19). The number of halogens is 1. The van der Waals surface area contributed by atoms with E-state index in [0.29, 0.717) is 17.0 Å². The van der Waals surface area contributed by atoms with Crippen LogP contribution in [-0.2, 0) is 0 Å². The molecule has 2 rings (SSSR count). The summed E-state index contributed by atoms with van der Waals surface area (Å²) in [6.45, 7) is 0. The normalized spacial score (nSPS) is 9.65. The molecule has 0 atom stereocenters. The van der Waals surface area contributed by atoms with Crippen molar-refractivity contribution in [2.24, 2.45) is 0 Å². The summed E-state index contributed by atoms with van der Waals surface area (Å²) >= 11 is 0. The Kier molecular flexibility index (Phi) is 3.96. The van der Waals surface area contributed by atoms with Gasteiger partial charge in [-0.15, -0.1) is 0 Å². The maximum Gasteiger partial charge on any atom is 0.258 e. The van der Waals surface area contributed by atoms with Crippen molar-refractivity contribution in [3.05, 3.63) is 59.4 Å². The van der Waals surface area contributed by atoms with Crippen LogP contribution in [0.3, 0.4) is 0 Å². The van der Waals surface area contributed by atoms with Gasteiger partial charge in [-0.2, -0.15) is 5.26 Å². The van der Waals surface area contributed by atoms with Gasteiger partial charge in [0.2, 0.25) is 0 Å². The first-order chi connectivity index (χ1) is 9.65. The van der Waals surface area contributed by atoms with Crippen LogP contribution in [0.4, 0.5) is 10.1 Å². The van der Waals surface area contributed by atoms with E-state index >= 15 is 0 Å². The molecule has 2 aromatic rings. The Morgan fingerprint density at radius 3 is 2.70 bits per heavy atom. The van der Waals surface area contributed by atoms with Gasteiger partial charge in [-0.25, -0.2) is 4.39 Å². The number of carbonyl (C=O) groups excluding carboxylic acids is 1. The van der Waals surface area contributed by atoms with Crippen molar-refractivity contribution in [2.45, 2.75) is 0 Å². The van der Waals surface area contributed by atoms with Gasteiger partial charge < -0.3 is 10.1 Å². The van der Waals surface area contributed by atoms with Gasteiger partial charge in [0.25, 0.3) is 5.91 Å². The van der Waals surface area contributed by atoms with E-state index in [0.717, 1.165) is 6.07 Å². The van der Waals surface area contributed by atoms with Crippen molar-refractivity contribution in [3.63, 3.8) is 0 Å². The molecule has 0 bridgehead atoms. The topological polar surface area (TPSA) is 62.1 Å². The lowest BCUT2D eigenvalue weighted by atomic mass is 10.1. The van der Waals surface area contributed by atoms with Gasteiger partial charge in [-0.1, -0.05) is 12.1 Å². The van der Waals surface area contributed by atoms with E-state index in [1.807, 2.05) is 6.07 Å². The van der Waals surface area contributed by atoms with Crippen molar-refractivity contribution in [1.82, 2.24) is 0 Å². The number of rotatable bonds is 3. The Bertz CT molecular complexity index is 693. The molecule has 0 aliphatic heterocycles. The Labute approximate surface area is 115 Å². The van der Waals surface area contributed by atoms with Crippen LogP contribution in [0.25, 0.3) is 0 Å². The molecule has 0 saturated heterocycles. The third-order valence-corrected chi connectivity index (χ3v) is 2.72. The molecule has 0 heterocycles. The molecule has 0 aromatic heterocycles. The van der Waals surface area contributed by atoms with Gasteiger partial charge in [0.05, 0.1) is 23.9 Å². The number of benzene rings is 2. The summed E-state index contributed by atoms with van der Waals surface area (Å²) in [5.41, 5.74) is 0.545. The van der Waals surface area contributed by atoms with E-state index < -0.39 is 11.7 Å². The van der Waals surface area contributed by atoms with Crippen molar-refractivity contribution in [3.8, 4) is 11.8 Å². The molecule has 20 heavy (non-hydrogen) atoms. The Morgan fingerprint density at radius 2 is 2.05 bits per heavy atom. The summed E-state index contributed by atoms with van der Waals surface area (Å²) in [4.78, 5) is 12.0. The summed E-state index contributed by atoms with van der Waals surface area (Å²) in [5, 5.41) is 11.4. The first-order valence-corrected chi connectivity index (χ1v) is 5.79. The Balaban J connectivity index is 2.27. The van der Waals surface area contributed by atoms with Gasteiger partial charge in [-0.3, -0.25) is 4.79 Å². The number of anilines is 1. The highest BCUT2D eigenvalue weighted by Gasteiger charge is 2.14. The van der Waals surface area contributed by atoms with Crippen molar-refractivity contribution < 1.29 is 13.9 Å². The van der Waals surface area contributed by atoms with Crippen LogP contribution in [0, 0.1) is 17.1 Å². The third kappa shape index (κ3) is 2.75. The maximum absolute atomic E-state index is 13.8. The highest BCUT2D eigenvalue weighted by atomic mass is 19.1. The van der Waals surface area contributed by atoms with Crippen LogP contribution < -0.4 is 10.1 Å². The second kappa shape index (κ2) is 5.85. The van der Waals surface area contributed by atoms with Gasteiger partial charge in [0, 0.05) is 6.07 Å². The summed E-state index contributed by atoms with van der Waals surface area (Å²) in [7, 11) is 1.41. The summed E-state index contributed by atoms with van der Waals surface area (Å²) < 4.78 is 18.6. The number of nitrogens with zero attached hydrogens (tertiary/aromatic N) is 1. The van der Waals surface area contributed by atoms with E-state index in [9.17, 15) is 9.18 Å². The predicted octanol–water partition coefficient (Wildman–Crippen LogP) is 2.96. The lowest BCUT2D eigenvalue weighted by Gasteiger charge is -2.08. The third-order valence-electron chi connectivity index (χ3n) is 2.72. The van der Waals surface area contributed by atoms with Crippen LogP contribution in [-0.4, -0.2) is 13.0 Å². The van der Waals surface area contributed by atoms with Crippen molar-refractivity contribution in [2.75, 3.05) is 12.4 Å².